The van der Waals surface area contributed by atoms with Crippen molar-refractivity contribution in [3.63, 3.8) is 0 Å². The van der Waals surface area contributed by atoms with Crippen molar-refractivity contribution in [3.8, 4) is 5.75 Å². The van der Waals surface area contributed by atoms with Gasteiger partial charge < -0.3 is 19.5 Å². The van der Waals surface area contributed by atoms with Crippen LogP contribution in [0.5, 0.6) is 5.75 Å². The summed E-state index contributed by atoms with van der Waals surface area (Å²) in [4.78, 5) is 13.1. The van der Waals surface area contributed by atoms with Gasteiger partial charge in [0, 0.05) is 26.3 Å². The average Bonchev–Trinajstić information content (AvgIpc) is 2.50. The van der Waals surface area contributed by atoms with Gasteiger partial charge in [-0.15, -0.1) is 0 Å². The molecule has 0 unspecified atom stereocenters. The maximum atomic E-state index is 10.8. The highest BCUT2D eigenvalue weighted by atomic mass is 35.5. The second-order valence-electron chi connectivity index (χ2n) is 6.12. The van der Waals surface area contributed by atoms with Crippen LogP contribution in [-0.2, 0) is 16.1 Å². The Morgan fingerprint density at radius 2 is 2.17 bits per heavy atom. The van der Waals surface area contributed by atoms with Crippen molar-refractivity contribution in [1.29, 1.82) is 0 Å². The highest BCUT2D eigenvalue weighted by molar-refractivity contribution is 6.32. The van der Waals surface area contributed by atoms with Crippen molar-refractivity contribution < 1.29 is 19.4 Å². The first kappa shape index (κ1) is 18.0. The number of carbonyl (C=O) groups is 1. The zero-order chi connectivity index (χ0) is 16.8. The molecule has 1 aromatic carbocycles. The number of benzene rings is 1. The van der Waals surface area contributed by atoms with Crippen LogP contribution in [0.25, 0.3) is 0 Å². The number of ether oxygens (including phenoxy) is 2. The Balaban J connectivity index is 1.90. The Labute approximate surface area is 142 Å². The maximum Gasteiger partial charge on any atom is 0.344 e. The van der Waals surface area contributed by atoms with E-state index in [9.17, 15) is 4.79 Å². The lowest BCUT2D eigenvalue weighted by molar-refractivity contribution is -0.144. The topological polar surface area (TPSA) is 59.0 Å². The molecule has 6 heteroatoms. The molecule has 1 aromatic rings. The Kier molecular flexibility index (Phi) is 6.69. The lowest BCUT2D eigenvalue weighted by atomic mass is 10.00. The highest BCUT2D eigenvalue weighted by Gasteiger charge is 2.17. The summed E-state index contributed by atoms with van der Waals surface area (Å²) in [6.07, 6.45) is 1.31. The number of nitrogens with zero attached hydrogens (tertiary/aromatic N) is 1. The first-order chi connectivity index (χ1) is 11.0. The molecule has 1 saturated heterocycles. The number of carboxylic acid groups (broad SMARTS) is 1. The number of hydrogen-bond donors (Lipinski definition) is 1. The predicted octanol–water partition coefficient (Wildman–Crippen LogP) is 3.05. The zero-order valence-corrected chi connectivity index (χ0v) is 14.4. The normalized spacial score (nSPS) is 17.2. The molecule has 2 rings (SSSR count). The van der Waals surface area contributed by atoms with Gasteiger partial charge in [0.25, 0.3) is 0 Å². The third kappa shape index (κ3) is 5.68. The van der Waals surface area contributed by atoms with Crippen molar-refractivity contribution in [2.24, 2.45) is 5.92 Å². The molecule has 0 radical (unpaired) electrons. The second-order valence-corrected chi connectivity index (χ2v) is 6.52. The molecule has 5 nitrogen and oxygen atoms in total. The molecule has 0 aliphatic carbocycles. The molecular formula is C17H24ClNO4. The van der Waals surface area contributed by atoms with Crippen LogP contribution in [0.3, 0.4) is 0 Å². The van der Waals surface area contributed by atoms with Crippen LogP contribution in [0, 0.1) is 5.92 Å². The fourth-order valence-corrected chi connectivity index (χ4v) is 2.97. The minimum Gasteiger partial charge on any atom is -0.479 e. The number of hydrogen-bond acceptors (Lipinski definition) is 4. The molecule has 0 bridgehead atoms. The van der Waals surface area contributed by atoms with E-state index in [0.717, 1.165) is 44.7 Å². The average molecular weight is 342 g/mol. The summed E-state index contributed by atoms with van der Waals surface area (Å²) in [7, 11) is 2.10. The zero-order valence-electron chi connectivity index (χ0n) is 13.6. The van der Waals surface area contributed by atoms with E-state index in [1.807, 2.05) is 12.1 Å². The third-order valence-corrected chi connectivity index (χ3v) is 4.31. The van der Waals surface area contributed by atoms with Crippen molar-refractivity contribution >= 4 is 17.6 Å². The summed E-state index contributed by atoms with van der Waals surface area (Å²) in [5.41, 5.74) is 1.08. The monoisotopic (exact) mass is 341 g/mol. The van der Waals surface area contributed by atoms with E-state index in [1.165, 1.54) is 6.92 Å². The van der Waals surface area contributed by atoms with Crippen LogP contribution in [0.4, 0.5) is 0 Å². The van der Waals surface area contributed by atoms with Crippen LogP contribution in [0.15, 0.2) is 18.2 Å². The van der Waals surface area contributed by atoms with E-state index in [1.54, 1.807) is 6.07 Å². The Bertz CT molecular complexity index is 531. The Hall–Kier alpha value is -1.30. The summed E-state index contributed by atoms with van der Waals surface area (Å²) >= 11 is 6.20. The molecule has 0 aromatic heterocycles. The minimum absolute atomic E-state index is 0.400. The first-order valence-corrected chi connectivity index (χ1v) is 8.27. The molecule has 1 aliphatic rings. The van der Waals surface area contributed by atoms with Gasteiger partial charge >= 0.3 is 5.97 Å². The molecule has 1 fully saturated rings. The molecule has 0 amide bonds. The van der Waals surface area contributed by atoms with Gasteiger partial charge in [-0.2, -0.15) is 0 Å². The van der Waals surface area contributed by atoms with Crippen molar-refractivity contribution in [2.45, 2.75) is 32.4 Å². The van der Waals surface area contributed by atoms with Gasteiger partial charge in [0.2, 0.25) is 0 Å². The molecule has 23 heavy (non-hydrogen) atoms. The van der Waals surface area contributed by atoms with E-state index < -0.39 is 12.1 Å². The van der Waals surface area contributed by atoms with Crippen LogP contribution >= 0.6 is 11.6 Å². The van der Waals surface area contributed by atoms with Crippen molar-refractivity contribution in [1.82, 2.24) is 4.90 Å². The Morgan fingerprint density at radius 3 is 2.78 bits per heavy atom. The van der Waals surface area contributed by atoms with E-state index in [-0.39, 0.29) is 0 Å². The summed E-state index contributed by atoms with van der Waals surface area (Å²) in [6.45, 7) is 5.03. The van der Waals surface area contributed by atoms with Crippen LogP contribution in [-0.4, -0.2) is 48.9 Å². The predicted molar refractivity (Wildman–Crippen MR) is 89.1 cm³/mol. The van der Waals surface area contributed by atoms with Crippen LogP contribution < -0.4 is 4.74 Å². The number of rotatable bonds is 7. The summed E-state index contributed by atoms with van der Waals surface area (Å²) in [5.74, 6) is 0.0713. The van der Waals surface area contributed by atoms with Gasteiger partial charge in [-0.05, 0) is 50.4 Å². The SMILES string of the molecule is C[C@H](Oc1ccc(CN(C)CC2CCOCC2)cc1Cl)C(=O)O. The molecule has 0 spiro atoms. The number of carboxylic acids is 1. The van der Waals surface area contributed by atoms with E-state index in [4.69, 9.17) is 26.2 Å². The molecule has 1 aliphatic heterocycles. The van der Waals surface area contributed by atoms with Gasteiger partial charge in [0.15, 0.2) is 6.10 Å². The fourth-order valence-electron chi connectivity index (χ4n) is 2.73. The van der Waals surface area contributed by atoms with Gasteiger partial charge in [-0.1, -0.05) is 17.7 Å². The first-order valence-electron chi connectivity index (χ1n) is 7.90. The standard InChI is InChI=1S/C17H24ClNO4/c1-12(17(20)21)23-16-4-3-14(9-15(16)18)11-19(2)10-13-5-7-22-8-6-13/h3-4,9,12-13H,5-8,10-11H2,1-2H3,(H,20,21)/t12-/m0/s1. The third-order valence-electron chi connectivity index (χ3n) is 4.01. The van der Waals surface area contributed by atoms with Crippen molar-refractivity contribution in [2.75, 3.05) is 26.8 Å². The second kappa shape index (κ2) is 8.52. The molecular weight excluding hydrogens is 318 g/mol. The minimum atomic E-state index is -1.01. The summed E-state index contributed by atoms with van der Waals surface area (Å²) < 4.78 is 10.7. The number of halogens is 1. The lowest BCUT2D eigenvalue weighted by Crippen LogP contribution is -2.29. The molecule has 1 heterocycles. The molecule has 0 saturated carbocycles. The fraction of sp³-hybridized carbons (Fsp3) is 0.588. The van der Waals surface area contributed by atoms with Crippen molar-refractivity contribution in [3.05, 3.63) is 28.8 Å². The van der Waals surface area contributed by atoms with Crippen LogP contribution in [0.2, 0.25) is 5.02 Å². The lowest BCUT2D eigenvalue weighted by Gasteiger charge is -2.27. The quantitative estimate of drug-likeness (QED) is 0.826. The maximum absolute atomic E-state index is 10.8. The van der Waals surface area contributed by atoms with Gasteiger partial charge in [-0.3, -0.25) is 0 Å². The van der Waals surface area contributed by atoms with Gasteiger partial charge in [0.05, 0.1) is 5.02 Å². The molecule has 128 valence electrons. The van der Waals surface area contributed by atoms with Gasteiger partial charge in [0.1, 0.15) is 5.75 Å². The van der Waals surface area contributed by atoms with E-state index in [0.29, 0.717) is 16.7 Å². The van der Waals surface area contributed by atoms with Crippen LogP contribution in [0.1, 0.15) is 25.3 Å². The molecule has 1 N–H and O–H groups in total. The summed E-state index contributed by atoms with van der Waals surface area (Å²) in [6, 6.07) is 5.50. The number of aliphatic carboxylic acids is 1. The smallest absolute Gasteiger partial charge is 0.344 e. The summed E-state index contributed by atoms with van der Waals surface area (Å²) in [5, 5.41) is 9.32. The molecule has 1 atom stereocenters. The van der Waals surface area contributed by atoms with E-state index >= 15 is 0 Å². The largest absolute Gasteiger partial charge is 0.479 e. The Morgan fingerprint density at radius 1 is 1.48 bits per heavy atom. The van der Waals surface area contributed by atoms with Gasteiger partial charge in [-0.25, -0.2) is 4.79 Å². The van der Waals surface area contributed by atoms with E-state index in [2.05, 4.69) is 11.9 Å². The highest BCUT2D eigenvalue weighted by Crippen LogP contribution is 2.27.